The van der Waals surface area contributed by atoms with E-state index in [1.165, 1.54) is 11.1 Å². The van der Waals surface area contributed by atoms with Crippen LogP contribution in [0.1, 0.15) is 49.4 Å². The molecule has 0 bridgehead atoms. The maximum absolute atomic E-state index is 10.5. The number of anilines is 1. The number of aryl methyl sites for hydroxylation is 2. The summed E-state index contributed by atoms with van der Waals surface area (Å²) in [6, 6.07) is 8.68. The fourth-order valence-electron chi connectivity index (χ4n) is 5.53. The highest BCUT2D eigenvalue weighted by Gasteiger charge is 2.45. The molecule has 4 N–H and O–H groups in total. The number of aliphatic hydroxyl groups is 3. The molecule has 0 amide bonds. The molecule has 9 nitrogen and oxygen atoms in total. The smallest absolute Gasteiger partial charge is 0.155 e. The highest BCUT2D eigenvalue weighted by atomic mass is 16.6. The summed E-state index contributed by atoms with van der Waals surface area (Å²) in [6.45, 7) is 2.40. The molecule has 3 aliphatic rings. The molecule has 3 heterocycles. The molecule has 36 heavy (non-hydrogen) atoms. The largest absolute Gasteiger partial charge is 0.394 e. The van der Waals surface area contributed by atoms with Gasteiger partial charge < -0.3 is 30.1 Å². The lowest BCUT2D eigenvalue weighted by molar-refractivity contribution is -0.0326. The van der Waals surface area contributed by atoms with E-state index in [2.05, 4.69) is 46.5 Å². The number of benzene rings is 1. The van der Waals surface area contributed by atoms with Crippen molar-refractivity contribution in [2.24, 2.45) is 10.9 Å². The molecule has 2 fully saturated rings. The maximum Gasteiger partial charge on any atom is 0.155 e. The van der Waals surface area contributed by atoms with Crippen molar-refractivity contribution in [1.29, 1.82) is 0 Å². The van der Waals surface area contributed by atoms with E-state index in [0.717, 1.165) is 31.4 Å². The van der Waals surface area contributed by atoms with E-state index in [1.54, 1.807) is 12.5 Å². The van der Waals surface area contributed by atoms with Crippen LogP contribution >= 0.6 is 0 Å². The average molecular weight is 497 g/mol. The fraction of sp³-hybridized carbons (Fsp3) is 0.593. The van der Waals surface area contributed by atoms with Crippen LogP contribution in [0.5, 0.6) is 0 Å². The second-order valence-electron chi connectivity index (χ2n) is 10.0. The Bertz CT molecular complexity index is 1070. The standard InChI is InChI=1S/C27H36N4O5/c1-2-16-5-3-6-17(11-16)14-35-21-8-4-7-19(21)31-27-23-20(29-15-30-27)10-9-18(12-28-23)26-25(34)24(33)22(13-32)36-26/h3,5-6,11-12,15,18-19,21-22,24-26,32-34H,2,4,7-10,13-14H2,1H3,(H,29,30,31). The molecule has 1 saturated heterocycles. The van der Waals surface area contributed by atoms with E-state index < -0.39 is 24.4 Å². The van der Waals surface area contributed by atoms with Crippen LogP contribution in [0, 0.1) is 5.92 Å². The Hall–Kier alpha value is -2.43. The Kier molecular flexibility index (Phi) is 7.93. The number of fused-ring (bicyclic) bond motifs is 1. The summed E-state index contributed by atoms with van der Waals surface area (Å²) < 4.78 is 12.1. The van der Waals surface area contributed by atoms with E-state index >= 15 is 0 Å². The van der Waals surface area contributed by atoms with Crippen molar-refractivity contribution >= 4 is 17.7 Å². The second-order valence-corrected chi connectivity index (χ2v) is 10.0. The van der Waals surface area contributed by atoms with Gasteiger partial charge in [0.05, 0.1) is 37.2 Å². The quantitative estimate of drug-likeness (QED) is 0.438. The van der Waals surface area contributed by atoms with Crippen LogP contribution < -0.4 is 5.32 Å². The first-order chi connectivity index (χ1) is 17.6. The first-order valence-corrected chi connectivity index (χ1v) is 13.0. The van der Waals surface area contributed by atoms with Crippen LogP contribution in [0.25, 0.3) is 0 Å². The third-order valence-corrected chi connectivity index (χ3v) is 7.65. The Balaban J connectivity index is 1.26. The molecule has 0 radical (unpaired) electrons. The summed E-state index contributed by atoms with van der Waals surface area (Å²) in [5.41, 5.74) is 4.04. The van der Waals surface area contributed by atoms with Crippen LogP contribution in [0.4, 0.5) is 11.5 Å². The molecule has 1 saturated carbocycles. The minimum Gasteiger partial charge on any atom is -0.394 e. The number of aromatic nitrogens is 2. The predicted octanol–water partition coefficient (Wildman–Crippen LogP) is 2.33. The summed E-state index contributed by atoms with van der Waals surface area (Å²) >= 11 is 0. The molecule has 1 aliphatic carbocycles. The Morgan fingerprint density at radius 1 is 1.11 bits per heavy atom. The molecule has 0 spiro atoms. The van der Waals surface area contributed by atoms with Crippen molar-refractivity contribution < 1.29 is 24.8 Å². The van der Waals surface area contributed by atoms with Gasteiger partial charge in [0.15, 0.2) is 5.82 Å². The minimum absolute atomic E-state index is 0.0855. The molecule has 194 valence electrons. The van der Waals surface area contributed by atoms with Crippen molar-refractivity contribution in [3.05, 3.63) is 47.4 Å². The highest BCUT2D eigenvalue weighted by Crippen LogP contribution is 2.36. The number of aliphatic imine (C=N–C) groups is 1. The third kappa shape index (κ3) is 5.31. The van der Waals surface area contributed by atoms with E-state index in [4.69, 9.17) is 14.5 Å². The third-order valence-electron chi connectivity index (χ3n) is 7.65. The molecule has 1 aromatic heterocycles. The average Bonchev–Trinajstić information content (AvgIpc) is 3.38. The second kappa shape index (κ2) is 11.3. The molecule has 7 atom stereocenters. The van der Waals surface area contributed by atoms with Crippen LogP contribution in [0.15, 0.2) is 35.6 Å². The van der Waals surface area contributed by atoms with E-state index in [9.17, 15) is 15.3 Å². The zero-order valence-electron chi connectivity index (χ0n) is 20.7. The lowest BCUT2D eigenvalue weighted by Crippen LogP contribution is -2.37. The highest BCUT2D eigenvalue weighted by molar-refractivity contribution is 5.74. The van der Waals surface area contributed by atoms with E-state index in [1.807, 2.05) is 0 Å². The van der Waals surface area contributed by atoms with Crippen LogP contribution in [0.2, 0.25) is 0 Å². The Morgan fingerprint density at radius 3 is 2.78 bits per heavy atom. The summed E-state index contributed by atoms with van der Waals surface area (Å²) in [7, 11) is 0. The van der Waals surface area contributed by atoms with Gasteiger partial charge in [-0.25, -0.2) is 9.97 Å². The first-order valence-electron chi connectivity index (χ1n) is 13.0. The molecular weight excluding hydrogens is 460 g/mol. The van der Waals surface area contributed by atoms with Gasteiger partial charge in [0.2, 0.25) is 0 Å². The maximum atomic E-state index is 10.5. The van der Waals surface area contributed by atoms with Gasteiger partial charge in [-0.05, 0) is 49.7 Å². The monoisotopic (exact) mass is 496 g/mol. The zero-order valence-corrected chi connectivity index (χ0v) is 20.7. The zero-order chi connectivity index (χ0) is 25.1. The van der Waals surface area contributed by atoms with Crippen molar-refractivity contribution in [2.45, 2.75) is 88.6 Å². The van der Waals surface area contributed by atoms with Gasteiger partial charge in [-0.15, -0.1) is 0 Å². The Morgan fingerprint density at radius 2 is 1.97 bits per heavy atom. The molecular formula is C27H36N4O5. The summed E-state index contributed by atoms with van der Waals surface area (Å²) in [5.74, 6) is 0.473. The molecule has 2 aromatic rings. The van der Waals surface area contributed by atoms with Gasteiger partial charge in [-0.3, -0.25) is 4.99 Å². The number of nitrogens with one attached hydrogen (secondary N) is 1. The Labute approximate surface area is 211 Å². The van der Waals surface area contributed by atoms with Crippen LogP contribution in [0.3, 0.4) is 0 Å². The van der Waals surface area contributed by atoms with Gasteiger partial charge in [0.1, 0.15) is 30.3 Å². The van der Waals surface area contributed by atoms with Crippen molar-refractivity contribution in [3.63, 3.8) is 0 Å². The van der Waals surface area contributed by atoms with E-state index in [0.29, 0.717) is 31.0 Å². The van der Waals surface area contributed by atoms with Crippen molar-refractivity contribution in [2.75, 3.05) is 11.9 Å². The van der Waals surface area contributed by atoms with Gasteiger partial charge in [-0.1, -0.05) is 31.2 Å². The fourth-order valence-corrected chi connectivity index (χ4v) is 5.53. The lowest BCUT2D eigenvalue weighted by atomic mass is 9.93. The summed E-state index contributed by atoms with van der Waals surface area (Å²) in [6.07, 6.45) is 5.20. The van der Waals surface area contributed by atoms with Crippen LogP contribution in [-0.2, 0) is 28.9 Å². The van der Waals surface area contributed by atoms with Crippen LogP contribution in [-0.4, -0.2) is 74.7 Å². The van der Waals surface area contributed by atoms with Gasteiger partial charge in [0, 0.05) is 12.1 Å². The first kappa shape index (κ1) is 25.2. The number of nitrogens with zero attached hydrogens (tertiary/aromatic N) is 3. The molecule has 1 aromatic carbocycles. The molecule has 7 unspecified atom stereocenters. The van der Waals surface area contributed by atoms with Gasteiger partial charge in [-0.2, -0.15) is 0 Å². The van der Waals surface area contributed by atoms with Crippen molar-refractivity contribution in [1.82, 2.24) is 9.97 Å². The van der Waals surface area contributed by atoms with Gasteiger partial charge in [0.25, 0.3) is 0 Å². The van der Waals surface area contributed by atoms with Gasteiger partial charge >= 0.3 is 0 Å². The number of ether oxygens (including phenoxy) is 2. The number of aliphatic hydroxyl groups excluding tert-OH is 3. The minimum atomic E-state index is -1.11. The number of hydrogen-bond donors (Lipinski definition) is 4. The molecule has 9 heteroatoms. The number of rotatable bonds is 8. The SMILES string of the molecule is CCc1cccc(COC2CCCC2Nc2ncnc3c2N=CC(C2OC(CO)C(O)C2O)CC3)c1. The van der Waals surface area contributed by atoms with Crippen molar-refractivity contribution in [3.8, 4) is 0 Å². The number of hydrogen-bond acceptors (Lipinski definition) is 9. The molecule has 2 aliphatic heterocycles. The predicted molar refractivity (Wildman–Crippen MR) is 135 cm³/mol. The summed E-state index contributed by atoms with van der Waals surface area (Å²) in [4.78, 5) is 13.7. The lowest BCUT2D eigenvalue weighted by Gasteiger charge is -2.23. The molecule has 5 rings (SSSR count). The topological polar surface area (TPSA) is 129 Å². The normalized spacial score (nSPS) is 31.8. The summed E-state index contributed by atoms with van der Waals surface area (Å²) in [5, 5.41) is 33.6. The van der Waals surface area contributed by atoms with E-state index in [-0.39, 0.29) is 24.7 Å².